The molecule has 4 nitrogen and oxygen atoms in total. The zero-order chi connectivity index (χ0) is 13.2. The molecule has 1 aromatic rings. The van der Waals surface area contributed by atoms with Gasteiger partial charge < -0.3 is 11.1 Å². The van der Waals surface area contributed by atoms with Gasteiger partial charge in [0.25, 0.3) is 0 Å². The fourth-order valence-corrected chi connectivity index (χ4v) is 1.07. The highest BCUT2D eigenvalue weighted by molar-refractivity contribution is 5.45. The van der Waals surface area contributed by atoms with Gasteiger partial charge in [0.1, 0.15) is 11.6 Å². The molecule has 0 saturated carbocycles. The molecule has 1 aromatic heterocycles. The van der Waals surface area contributed by atoms with Crippen molar-refractivity contribution in [2.45, 2.75) is 33.0 Å². The van der Waals surface area contributed by atoms with Crippen LogP contribution in [0.25, 0.3) is 0 Å². The minimum absolute atomic E-state index is 0.00890. The summed E-state index contributed by atoms with van der Waals surface area (Å²) in [4.78, 5) is 6.56. The molecule has 0 aliphatic heterocycles. The normalized spacial score (nSPS) is 13.8. The topological polar surface area (TPSA) is 63.8 Å². The summed E-state index contributed by atoms with van der Waals surface area (Å²) >= 11 is 0. The summed E-state index contributed by atoms with van der Waals surface area (Å²) in [6.45, 7) is 5.76. The lowest BCUT2D eigenvalue weighted by atomic mass is 10.1. The molecule has 96 valence electrons. The Morgan fingerprint density at radius 2 is 1.82 bits per heavy atom. The third-order valence-corrected chi connectivity index (χ3v) is 2.38. The van der Waals surface area contributed by atoms with E-state index in [9.17, 15) is 13.2 Å². The number of halogens is 3. The van der Waals surface area contributed by atoms with E-state index in [1.54, 1.807) is 0 Å². The summed E-state index contributed by atoms with van der Waals surface area (Å²) in [5, 5.41) is 2.86. The van der Waals surface area contributed by atoms with Crippen molar-refractivity contribution in [2.75, 3.05) is 11.1 Å². The first-order valence-electron chi connectivity index (χ1n) is 5.18. The molecule has 1 unspecified atom stereocenters. The third-order valence-electron chi connectivity index (χ3n) is 2.38. The summed E-state index contributed by atoms with van der Waals surface area (Å²) in [5.41, 5.74) is 5.32. The van der Waals surface area contributed by atoms with Crippen LogP contribution in [-0.4, -0.2) is 16.0 Å². The van der Waals surface area contributed by atoms with E-state index < -0.39 is 12.0 Å². The maximum Gasteiger partial charge on any atom is 0.451 e. The van der Waals surface area contributed by atoms with Crippen molar-refractivity contribution in [3.63, 3.8) is 0 Å². The molecule has 0 saturated heterocycles. The van der Waals surface area contributed by atoms with Crippen molar-refractivity contribution in [3.8, 4) is 0 Å². The second kappa shape index (κ2) is 4.77. The van der Waals surface area contributed by atoms with Gasteiger partial charge in [0.15, 0.2) is 0 Å². The summed E-state index contributed by atoms with van der Waals surface area (Å²) in [6, 6.07) is 1.28. The number of rotatable bonds is 3. The van der Waals surface area contributed by atoms with Crippen molar-refractivity contribution >= 4 is 11.6 Å². The molecule has 0 amide bonds. The molecule has 1 atom stereocenters. The van der Waals surface area contributed by atoms with Crippen molar-refractivity contribution in [3.05, 3.63) is 11.9 Å². The third kappa shape index (κ3) is 3.76. The van der Waals surface area contributed by atoms with Crippen LogP contribution in [0.5, 0.6) is 0 Å². The Morgan fingerprint density at radius 3 is 2.29 bits per heavy atom. The number of anilines is 2. The predicted octanol–water partition coefficient (Wildman–Crippen LogP) is 2.53. The van der Waals surface area contributed by atoms with E-state index >= 15 is 0 Å². The molecule has 0 aliphatic carbocycles. The lowest BCUT2D eigenvalue weighted by molar-refractivity contribution is -0.144. The molecular formula is C10H15F3N4. The van der Waals surface area contributed by atoms with Crippen molar-refractivity contribution in [1.29, 1.82) is 0 Å². The van der Waals surface area contributed by atoms with Gasteiger partial charge in [0, 0.05) is 12.1 Å². The Hall–Kier alpha value is -1.53. The molecule has 0 bridgehead atoms. The number of nitrogens with two attached hydrogens (primary N) is 1. The standard InChI is InChI=1S/C10H15F3N4/c1-5(2)6(3)15-8-4-7(14)16-9(17-8)10(11,12)13/h4-6H,1-3H3,(H3,14,15,16,17). The van der Waals surface area contributed by atoms with Gasteiger partial charge in [-0.15, -0.1) is 0 Å². The Bertz CT molecular complexity index is 390. The van der Waals surface area contributed by atoms with Crippen LogP contribution < -0.4 is 11.1 Å². The Morgan fingerprint density at radius 1 is 1.24 bits per heavy atom. The summed E-state index contributed by atoms with van der Waals surface area (Å²) in [7, 11) is 0. The highest BCUT2D eigenvalue weighted by atomic mass is 19.4. The van der Waals surface area contributed by atoms with E-state index in [4.69, 9.17) is 5.73 Å². The van der Waals surface area contributed by atoms with Crippen LogP contribution in [0, 0.1) is 5.92 Å². The van der Waals surface area contributed by atoms with E-state index in [2.05, 4.69) is 15.3 Å². The van der Waals surface area contributed by atoms with Gasteiger partial charge >= 0.3 is 6.18 Å². The Balaban J connectivity index is 2.98. The van der Waals surface area contributed by atoms with E-state index in [1.807, 2.05) is 20.8 Å². The number of hydrogen-bond donors (Lipinski definition) is 2. The van der Waals surface area contributed by atoms with Gasteiger partial charge in [0.2, 0.25) is 5.82 Å². The summed E-state index contributed by atoms with van der Waals surface area (Å²) in [5.74, 6) is -1.08. The van der Waals surface area contributed by atoms with Crippen molar-refractivity contribution < 1.29 is 13.2 Å². The number of nitrogen functional groups attached to an aromatic ring is 1. The molecule has 1 rings (SSSR count). The van der Waals surface area contributed by atoms with E-state index in [1.165, 1.54) is 6.07 Å². The lowest BCUT2D eigenvalue weighted by Gasteiger charge is -2.18. The number of hydrogen-bond acceptors (Lipinski definition) is 4. The van der Waals surface area contributed by atoms with Crippen molar-refractivity contribution in [1.82, 2.24) is 9.97 Å². The molecule has 0 aliphatic rings. The second-order valence-corrected chi connectivity index (χ2v) is 4.18. The highest BCUT2D eigenvalue weighted by Crippen LogP contribution is 2.27. The first-order valence-corrected chi connectivity index (χ1v) is 5.18. The minimum Gasteiger partial charge on any atom is -0.384 e. The minimum atomic E-state index is -4.59. The lowest BCUT2D eigenvalue weighted by Crippen LogP contribution is -2.23. The maximum absolute atomic E-state index is 12.4. The van der Waals surface area contributed by atoms with E-state index in [0.29, 0.717) is 0 Å². The molecule has 1 heterocycles. The van der Waals surface area contributed by atoms with Gasteiger partial charge in [-0.2, -0.15) is 13.2 Å². The monoisotopic (exact) mass is 248 g/mol. The zero-order valence-electron chi connectivity index (χ0n) is 9.84. The van der Waals surface area contributed by atoms with Gasteiger partial charge in [-0.05, 0) is 12.8 Å². The molecule has 7 heteroatoms. The maximum atomic E-state index is 12.4. The zero-order valence-corrected chi connectivity index (χ0v) is 9.84. The van der Waals surface area contributed by atoms with Gasteiger partial charge in [-0.3, -0.25) is 0 Å². The largest absolute Gasteiger partial charge is 0.451 e. The molecular weight excluding hydrogens is 233 g/mol. The van der Waals surface area contributed by atoms with Gasteiger partial charge in [-0.1, -0.05) is 13.8 Å². The van der Waals surface area contributed by atoms with Crippen molar-refractivity contribution in [2.24, 2.45) is 5.92 Å². The molecule has 0 aromatic carbocycles. The first kappa shape index (κ1) is 13.5. The SMILES string of the molecule is CC(C)C(C)Nc1cc(N)nc(C(F)(F)F)n1. The Labute approximate surface area is 97.4 Å². The smallest absolute Gasteiger partial charge is 0.384 e. The van der Waals surface area contributed by atoms with Crippen LogP contribution in [-0.2, 0) is 6.18 Å². The van der Waals surface area contributed by atoms with E-state index in [-0.39, 0.29) is 23.6 Å². The summed E-state index contributed by atoms with van der Waals surface area (Å²) in [6.07, 6.45) is -4.59. The summed E-state index contributed by atoms with van der Waals surface area (Å²) < 4.78 is 37.3. The molecule has 0 fully saturated rings. The Kier molecular flexibility index (Phi) is 3.79. The van der Waals surface area contributed by atoms with Crippen LogP contribution in [0.4, 0.5) is 24.8 Å². The van der Waals surface area contributed by atoms with Crippen LogP contribution >= 0.6 is 0 Å². The number of alkyl halides is 3. The van der Waals surface area contributed by atoms with Crippen LogP contribution in [0.2, 0.25) is 0 Å². The van der Waals surface area contributed by atoms with Gasteiger partial charge in [-0.25, -0.2) is 9.97 Å². The fourth-order valence-electron chi connectivity index (χ4n) is 1.07. The molecule has 17 heavy (non-hydrogen) atoms. The van der Waals surface area contributed by atoms with Gasteiger partial charge in [0.05, 0.1) is 0 Å². The molecule has 3 N–H and O–H groups in total. The molecule has 0 spiro atoms. The average molecular weight is 248 g/mol. The quantitative estimate of drug-likeness (QED) is 0.862. The fraction of sp³-hybridized carbons (Fsp3) is 0.600. The first-order chi connectivity index (χ1) is 7.70. The van der Waals surface area contributed by atoms with E-state index in [0.717, 1.165) is 0 Å². The average Bonchev–Trinajstić information content (AvgIpc) is 2.15. The van der Waals surface area contributed by atoms with Crippen LogP contribution in [0.15, 0.2) is 6.07 Å². The number of nitrogens with one attached hydrogen (secondary N) is 1. The van der Waals surface area contributed by atoms with Crippen LogP contribution in [0.3, 0.4) is 0 Å². The predicted molar refractivity (Wildman–Crippen MR) is 59.4 cm³/mol. The number of aromatic nitrogens is 2. The molecule has 0 radical (unpaired) electrons. The number of nitrogens with zero attached hydrogens (tertiary/aromatic N) is 2. The second-order valence-electron chi connectivity index (χ2n) is 4.18. The highest BCUT2D eigenvalue weighted by Gasteiger charge is 2.35. The van der Waals surface area contributed by atoms with Crippen LogP contribution in [0.1, 0.15) is 26.6 Å².